The Morgan fingerprint density at radius 3 is 2.45 bits per heavy atom. The average molecular weight is 663 g/mol. The summed E-state index contributed by atoms with van der Waals surface area (Å²) in [6.07, 6.45) is 2.23. The van der Waals surface area contributed by atoms with Gasteiger partial charge in [-0.05, 0) is 84.3 Å². The number of hydrogen-bond donors (Lipinski definition) is 3. The molecule has 0 radical (unpaired) electrons. The van der Waals surface area contributed by atoms with Gasteiger partial charge in [0.25, 0.3) is 5.91 Å². The molecule has 44 heavy (non-hydrogen) atoms. The Hall–Kier alpha value is -3.89. The first-order valence-electron chi connectivity index (χ1n) is 14.8. The fourth-order valence-corrected chi connectivity index (χ4v) is 6.00. The third kappa shape index (κ3) is 7.42. The first-order valence-corrected chi connectivity index (χ1v) is 15.6. The van der Waals surface area contributed by atoms with Crippen LogP contribution in [-0.2, 0) is 22.5 Å². The molecule has 0 unspecified atom stereocenters. The van der Waals surface area contributed by atoms with Crippen molar-refractivity contribution < 1.29 is 24.5 Å². The van der Waals surface area contributed by atoms with E-state index in [0.717, 1.165) is 21.2 Å². The number of halogens is 1. The number of benzene rings is 3. The molecule has 1 aliphatic heterocycles. The van der Waals surface area contributed by atoms with Crippen molar-refractivity contribution in [3.63, 3.8) is 0 Å². The summed E-state index contributed by atoms with van der Waals surface area (Å²) in [6, 6.07) is 22.5. The summed E-state index contributed by atoms with van der Waals surface area (Å²) in [6.45, 7) is 0.594. The van der Waals surface area contributed by atoms with Gasteiger partial charge in [-0.1, -0.05) is 57.4 Å². The maximum absolute atomic E-state index is 14.6. The van der Waals surface area contributed by atoms with Crippen LogP contribution in [-0.4, -0.2) is 52.9 Å². The monoisotopic (exact) mass is 661 g/mol. The van der Waals surface area contributed by atoms with Crippen LogP contribution in [0.1, 0.15) is 60.5 Å². The third-order valence-corrected chi connectivity index (χ3v) is 8.65. The molecule has 1 aliphatic carbocycles. The third-order valence-electron chi connectivity index (χ3n) is 8.12. The van der Waals surface area contributed by atoms with E-state index in [1.54, 1.807) is 0 Å². The number of nitrogens with one attached hydrogen (secondary N) is 1. The van der Waals surface area contributed by atoms with Crippen molar-refractivity contribution in [2.24, 2.45) is 10.1 Å². The van der Waals surface area contributed by atoms with E-state index in [-0.39, 0.29) is 37.6 Å². The highest BCUT2D eigenvalue weighted by Crippen LogP contribution is 2.43. The number of carbonyl (C=O) groups is 1. The molecule has 1 fully saturated rings. The highest BCUT2D eigenvalue weighted by Gasteiger charge is 2.54. The molecule has 5 rings (SSSR count). The standard InChI is InChI=1S/C33H36BrN5O5/c34-26-10-6-22(7-11-26)30-33(32(42)37-27-12-14-28(41)15-13-27,20-24-4-1-2-5-25(24)21-36-39-35)38-31(44-30)23-8-16-29(17-9-23)43-19-3-18-40/h1-2,4-11,16-17,27-28,30,40-41H,3,12-15,18-21H2,(H,37,42)/t27?,28?,30-,33-/m1/s1. The van der Waals surface area contributed by atoms with Gasteiger partial charge < -0.3 is 25.0 Å². The van der Waals surface area contributed by atoms with Crippen LogP contribution in [0.4, 0.5) is 0 Å². The lowest BCUT2D eigenvalue weighted by atomic mass is 9.80. The van der Waals surface area contributed by atoms with Crippen LogP contribution in [0.2, 0.25) is 0 Å². The second-order valence-corrected chi connectivity index (χ2v) is 12.1. The molecule has 0 bridgehead atoms. The Bertz CT molecular complexity index is 1500. The van der Waals surface area contributed by atoms with E-state index < -0.39 is 11.6 Å². The van der Waals surface area contributed by atoms with Crippen molar-refractivity contribution in [3.8, 4) is 5.75 Å². The second-order valence-electron chi connectivity index (χ2n) is 11.2. The predicted octanol–water partition coefficient (Wildman–Crippen LogP) is 5.94. The zero-order valence-corrected chi connectivity index (χ0v) is 25.9. The quantitative estimate of drug-likeness (QED) is 0.0950. The van der Waals surface area contributed by atoms with Gasteiger partial charge in [0.15, 0.2) is 11.6 Å². The number of amides is 1. The van der Waals surface area contributed by atoms with Crippen molar-refractivity contribution in [3.05, 3.63) is 110 Å². The molecular formula is C33H36BrN5O5. The lowest BCUT2D eigenvalue weighted by Gasteiger charge is -2.34. The summed E-state index contributed by atoms with van der Waals surface area (Å²) in [5.41, 5.74) is 10.7. The van der Waals surface area contributed by atoms with Gasteiger partial charge in [-0.3, -0.25) is 4.79 Å². The molecule has 0 spiro atoms. The number of ether oxygens (including phenoxy) is 2. The predicted molar refractivity (Wildman–Crippen MR) is 170 cm³/mol. The largest absolute Gasteiger partial charge is 0.494 e. The molecule has 11 heteroatoms. The van der Waals surface area contributed by atoms with E-state index >= 15 is 0 Å². The fraction of sp³-hybridized carbons (Fsp3) is 0.394. The summed E-state index contributed by atoms with van der Waals surface area (Å²) in [4.78, 5) is 22.6. The van der Waals surface area contributed by atoms with Gasteiger partial charge in [-0.2, -0.15) is 0 Å². The van der Waals surface area contributed by atoms with Gasteiger partial charge in [-0.15, -0.1) is 0 Å². The molecular weight excluding hydrogens is 626 g/mol. The van der Waals surface area contributed by atoms with Gasteiger partial charge in [0.2, 0.25) is 5.90 Å². The van der Waals surface area contributed by atoms with Crippen LogP contribution in [0, 0.1) is 0 Å². The maximum Gasteiger partial charge on any atom is 0.252 e. The highest BCUT2D eigenvalue weighted by atomic mass is 79.9. The van der Waals surface area contributed by atoms with Gasteiger partial charge in [0.05, 0.1) is 19.3 Å². The minimum atomic E-state index is -1.39. The topological polar surface area (TPSA) is 149 Å². The summed E-state index contributed by atoms with van der Waals surface area (Å²) < 4.78 is 13.2. The van der Waals surface area contributed by atoms with Crippen molar-refractivity contribution in [2.75, 3.05) is 13.2 Å². The van der Waals surface area contributed by atoms with Crippen molar-refractivity contribution >= 4 is 27.7 Å². The molecule has 2 atom stereocenters. The van der Waals surface area contributed by atoms with E-state index in [4.69, 9.17) is 25.1 Å². The van der Waals surface area contributed by atoms with Crippen LogP contribution >= 0.6 is 15.9 Å². The van der Waals surface area contributed by atoms with Crippen molar-refractivity contribution in [2.45, 2.75) is 68.9 Å². The highest BCUT2D eigenvalue weighted by molar-refractivity contribution is 9.10. The average Bonchev–Trinajstić information content (AvgIpc) is 3.43. The lowest BCUT2D eigenvalue weighted by Crippen LogP contribution is -2.53. The van der Waals surface area contributed by atoms with Crippen LogP contribution < -0.4 is 10.1 Å². The molecule has 230 valence electrons. The first-order chi connectivity index (χ1) is 21.4. The second kappa shape index (κ2) is 14.7. The van der Waals surface area contributed by atoms with Crippen molar-refractivity contribution in [1.29, 1.82) is 0 Å². The molecule has 0 aromatic heterocycles. The van der Waals surface area contributed by atoms with Crippen LogP contribution in [0.3, 0.4) is 0 Å². The smallest absolute Gasteiger partial charge is 0.252 e. The van der Waals surface area contributed by atoms with Crippen LogP contribution in [0.25, 0.3) is 10.4 Å². The molecule has 2 aliphatic rings. The Kier molecular flexibility index (Phi) is 10.6. The van der Waals surface area contributed by atoms with Crippen molar-refractivity contribution in [1.82, 2.24) is 5.32 Å². The molecule has 10 nitrogen and oxygen atoms in total. The van der Waals surface area contributed by atoms with Gasteiger partial charge in [0, 0.05) is 40.4 Å². The summed E-state index contributed by atoms with van der Waals surface area (Å²) in [5.74, 6) is 0.728. The van der Waals surface area contributed by atoms with E-state index in [1.165, 1.54) is 0 Å². The molecule has 3 aromatic rings. The normalized spacial score (nSPS) is 22.8. The van der Waals surface area contributed by atoms with E-state index in [2.05, 4.69) is 31.3 Å². The first kappa shape index (κ1) is 31.5. The number of rotatable bonds is 12. The van der Waals surface area contributed by atoms with Crippen LogP contribution in [0.5, 0.6) is 5.75 Å². The number of aliphatic imine (C=N–C) groups is 1. The number of nitrogens with zero attached hydrogens (tertiary/aromatic N) is 4. The summed E-state index contributed by atoms with van der Waals surface area (Å²) in [5, 5.41) is 26.2. The van der Waals surface area contributed by atoms with Crippen LogP contribution in [0.15, 0.2) is 87.4 Å². The number of azide groups is 1. The number of aliphatic hydroxyl groups is 2. The maximum atomic E-state index is 14.6. The summed E-state index contributed by atoms with van der Waals surface area (Å²) in [7, 11) is 0. The number of carbonyl (C=O) groups excluding carboxylic acids is 1. The lowest BCUT2D eigenvalue weighted by molar-refractivity contribution is -0.130. The van der Waals surface area contributed by atoms with Gasteiger partial charge >= 0.3 is 0 Å². The number of hydrogen-bond acceptors (Lipinski definition) is 7. The van der Waals surface area contributed by atoms with Gasteiger partial charge in [0.1, 0.15) is 5.75 Å². The minimum Gasteiger partial charge on any atom is -0.494 e. The van der Waals surface area contributed by atoms with Gasteiger partial charge in [-0.25, -0.2) is 4.99 Å². The molecule has 3 aromatic carbocycles. The fourth-order valence-electron chi connectivity index (χ4n) is 5.73. The Morgan fingerprint density at radius 1 is 1.07 bits per heavy atom. The molecule has 3 N–H and O–H groups in total. The Balaban J connectivity index is 1.58. The number of aliphatic hydroxyl groups excluding tert-OH is 2. The van der Waals surface area contributed by atoms with E-state index in [9.17, 15) is 9.90 Å². The molecule has 1 saturated carbocycles. The molecule has 1 amide bonds. The SMILES string of the molecule is [N-]=[N+]=NCc1ccccc1C[C@@]1(C(=O)NC2CCC(O)CC2)N=C(c2ccc(OCCCO)cc2)O[C@@H]1c1ccc(Br)cc1. The minimum absolute atomic E-state index is 0.0533. The molecule has 0 saturated heterocycles. The zero-order chi connectivity index (χ0) is 30.9. The Morgan fingerprint density at radius 2 is 1.77 bits per heavy atom. The molecule has 1 heterocycles. The summed E-state index contributed by atoms with van der Waals surface area (Å²) >= 11 is 3.51. The Labute approximate surface area is 264 Å². The van der Waals surface area contributed by atoms with E-state index in [1.807, 2.05) is 72.8 Å². The zero-order valence-electron chi connectivity index (χ0n) is 24.3. The van der Waals surface area contributed by atoms with E-state index in [0.29, 0.717) is 55.9 Å².